The van der Waals surface area contributed by atoms with Crippen LogP contribution in [0.25, 0.3) is 0 Å². The zero-order valence-electron chi connectivity index (χ0n) is 11.8. The van der Waals surface area contributed by atoms with Gasteiger partial charge in [-0.25, -0.2) is 4.79 Å². The highest BCUT2D eigenvalue weighted by molar-refractivity contribution is 9.10. The Balaban J connectivity index is 2.32. The number of urea groups is 1. The van der Waals surface area contributed by atoms with E-state index >= 15 is 0 Å². The molecule has 126 valence electrons. The van der Waals surface area contributed by atoms with Crippen LogP contribution in [0.1, 0.15) is 10.4 Å². The Labute approximate surface area is 148 Å². The summed E-state index contributed by atoms with van der Waals surface area (Å²) < 4.78 is 40.3. The van der Waals surface area contributed by atoms with Crippen molar-refractivity contribution in [3.05, 3.63) is 63.6 Å². The lowest BCUT2D eigenvalue weighted by atomic mass is 10.2. The summed E-state index contributed by atoms with van der Waals surface area (Å²) in [6.45, 7) is 0. The van der Waals surface area contributed by atoms with Gasteiger partial charge in [-0.1, -0.05) is 39.7 Å². The summed E-state index contributed by atoms with van der Waals surface area (Å²) in [7, 11) is 0. The van der Waals surface area contributed by atoms with E-state index in [4.69, 9.17) is 11.6 Å². The van der Waals surface area contributed by atoms with Gasteiger partial charge in [-0.3, -0.25) is 4.79 Å². The highest BCUT2D eigenvalue weighted by Gasteiger charge is 2.46. The van der Waals surface area contributed by atoms with Gasteiger partial charge in [-0.2, -0.15) is 4.90 Å². The smallest absolute Gasteiger partial charge is 0.307 e. The number of nitrogens with zero attached hydrogens (tertiary/aromatic N) is 1. The van der Waals surface area contributed by atoms with E-state index in [2.05, 4.69) is 15.9 Å². The third-order valence-electron chi connectivity index (χ3n) is 2.86. The number of carbonyl (C=O) groups is 2. The molecule has 0 atom stereocenters. The molecule has 0 aliphatic carbocycles. The van der Waals surface area contributed by atoms with E-state index in [0.717, 1.165) is 6.07 Å². The number of alkyl halides is 3. The van der Waals surface area contributed by atoms with Crippen LogP contribution in [0, 0.1) is 0 Å². The summed E-state index contributed by atoms with van der Waals surface area (Å²) in [6.07, 6.45) is -5.21. The fraction of sp³-hybridized carbons (Fsp3) is 0.0667. The van der Waals surface area contributed by atoms with Gasteiger partial charge in [0.1, 0.15) is 0 Å². The Morgan fingerprint density at radius 2 is 1.62 bits per heavy atom. The average Bonchev–Trinajstić information content (AvgIpc) is 2.48. The predicted molar refractivity (Wildman–Crippen MR) is 86.8 cm³/mol. The normalized spacial score (nSPS) is 11.0. The average molecular weight is 422 g/mol. The van der Waals surface area contributed by atoms with Crippen molar-refractivity contribution in [3.63, 3.8) is 0 Å². The van der Waals surface area contributed by atoms with Crippen molar-refractivity contribution in [3.8, 4) is 0 Å². The topological polar surface area (TPSA) is 49.4 Å². The van der Waals surface area contributed by atoms with Gasteiger partial charge in [0, 0.05) is 10.2 Å². The second kappa shape index (κ2) is 7.23. The minimum Gasteiger partial charge on any atom is -0.307 e. The Kier molecular flexibility index (Phi) is 5.51. The van der Waals surface area contributed by atoms with Crippen molar-refractivity contribution in [2.45, 2.75) is 6.30 Å². The molecule has 0 saturated carbocycles. The van der Waals surface area contributed by atoms with Crippen LogP contribution in [0.5, 0.6) is 0 Å². The van der Waals surface area contributed by atoms with Gasteiger partial charge >= 0.3 is 12.3 Å². The highest BCUT2D eigenvalue weighted by Crippen LogP contribution is 2.27. The first kappa shape index (κ1) is 18.3. The summed E-state index contributed by atoms with van der Waals surface area (Å²) in [5, 5.41) is 1.84. The molecule has 0 fully saturated rings. The van der Waals surface area contributed by atoms with Crippen LogP contribution in [0.15, 0.2) is 53.0 Å². The summed E-state index contributed by atoms with van der Waals surface area (Å²) in [5.74, 6) is -1.57. The Morgan fingerprint density at radius 1 is 1.04 bits per heavy atom. The fourth-order valence-electron chi connectivity index (χ4n) is 1.79. The van der Waals surface area contributed by atoms with Crippen molar-refractivity contribution in [1.82, 2.24) is 4.90 Å². The van der Waals surface area contributed by atoms with Crippen LogP contribution >= 0.6 is 27.5 Å². The van der Waals surface area contributed by atoms with Crippen LogP contribution in [0.2, 0.25) is 5.02 Å². The van der Waals surface area contributed by atoms with E-state index < -0.39 is 28.7 Å². The second-order valence-electron chi connectivity index (χ2n) is 4.53. The molecule has 0 aliphatic heterocycles. The van der Waals surface area contributed by atoms with Gasteiger partial charge in [-0.05, 0) is 36.4 Å². The quantitative estimate of drug-likeness (QED) is 0.669. The van der Waals surface area contributed by atoms with Crippen LogP contribution in [0.3, 0.4) is 0 Å². The zero-order chi connectivity index (χ0) is 17.9. The molecular weight excluding hydrogens is 413 g/mol. The van der Waals surface area contributed by atoms with E-state index in [1.54, 1.807) is 0 Å². The molecule has 0 heterocycles. The van der Waals surface area contributed by atoms with Crippen molar-refractivity contribution < 1.29 is 22.8 Å². The Morgan fingerprint density at radius 3 is 2.17 bits per heavy atom. The highest BCUT2D eigenvalue weighted by atomic mass is 79.9. The Bertz CT molecular complexity index is 766. The summed E-state index contributed by atoms with van der Waals surface area (Å²) in [6, 6.07) is 9.38. The van der Waals surface area contributed by atoms with E-state index in [1.165, 1.54) is 42.5 Å². The van der Waals surface area contributed by atoms with Crippen LogP contribution in [-0.2, 0) is 0 Å². The molecule has 0 bridgehead atoms. The molecule has 0 aliphatic rings. The first-order valence-electron chi connectivity index (χ1n) is 6.42. The first-order chi connectivity index (χ1) is 11.2. The number of hydrogen-bond donors (Lipinski definition) is 1. The standard InChI is InChI=1S/C15H9BrClF3N2O2/c16-9-5-7-10(8-6-9)21-14(24)22(15(18,19)20)13(23)11-3-1-2-4-12(11)17/h1-8H,(H,21,24). The van der Waals surface area contributed by atoms with Gasteiger partial charge in [0.25, 0.3) is 5.91 Å². The molecule has 1 N–H and O–H groups in total. The maximum Gasteiger partial charge on any atom is 0.495 e. The zero-order valence-corrected chi connectivity index (χ0v) is 14.1. The summed E-state index contributed by atoms with van der Waals surface area (Å²) in [5.41, 5.74) is -0.327. The largest absolute Gasteiger partial charge is 0.495 e. The molecule has 2 aromatic rings. The summed E-state index contributed by atoms with van der Waals surface area (Å²) >= 11 is 8.91. The number of nitrogens with one attached hydrogen (secondary N) is 1. The monoisotopic (exact) mass is 420 g/mol. The van der Waals surface area contributed by atoms with Crippen molar-refractivity contribution in [2.75, 3.05) is 5.32 Å². The molecule has 24 heavy (non-hydrogen) atoms. The number of rotatable bonds is 2. The third-order valence-corrected chi connectivity index (χ3v) is 3.72. The molecule has 3 amide bonds. The fourth-order valence-corrected chi connectivity index (χ4v) is 2.27. The van der Waals surface area contributed by atoms with Gasteiger partial charge in [0.05, 0.1) is 10.6 Å². The van der Waals surface area contributed by atoms with E-state index in [-0.39, 0.29) is 10.7 Å². The van der Waals surface area contributed by atoms with Crippen molar-refractivity contribution >= 4 is 45.2 Å². The SMILES string of the molecule is O=C(Nc1ccc(Br)cc1)N(C(=O)c1ccccc1Cl)C(F)(F)F. The number of amides is 3. The van der Waals surface area contributed by atoms with Gasteiger partial charge in [0.2, 0.25) is 0 Å². The summed E-state index contributed by atoms with van der Waals surface area (Å²) in [4.78, 5) is 23.3. The lowest BCUT2D eigenvalue weighted by Gasteiger charge is -2.23. The maximum atomic E-state index is 13.2. The lowest BCUT2D eigenvalue weighted by Crippen LogP contribution is -2.49. The molecule has 2 rings (SSSR count). The third kappa shape index (κ3) is 4.27. The van der Waals surface area contributed by atoms with Crippen molar-refractivity contribution in [1.29, 1.82) is 0 Å². The number of anilines is 1. The maximum absolute atomic E-state index is 13.2. The van der Waals surface area contributed by atoms with Crippen molar-refractivity contribution in [2.24, 2.45) is 0 Å². The van der Waals surface area contributed by atoms with Gasteiger partial charge in [-0.15, -0.1) is 13.2 Å². The second-order valence-corrected chi connectivity index (χ2v) is 5.85. The van der Waals surface area contributed by atoms with Gasteiger partial charge in [0.15, 0.2) is 0 Å². The lowest BCUT2D eigenvalue weighted by molar-refractivity contribution is -0.204. The molecule has 0 saturated heterocycles. The van der Waals surface area contributed by atoms with Gasteiger partial charge < -0.3 is 5.32 Å². The molecule has 0 radical (unpaired) electrons. The van der Waals surface area contributed by atoms with Crippen LogP contribution < -0.4 is 5.32 Å². The minimum atomic E-state index is -5.21. The van der Waals surface area contributed by atoms with E-state index in [0.29, 0.717) is 4.47 Å². The molecule has 2 aromatic carbocycles. The molecular formula is C15H9BrClF3N2O2. The molecule has 0 aromatic heterocycles. The Hall–Kier alpha value is -2.06. The molecule has 9 heteroatoms. The number of imide groups is 1. The van der Waals surface area contributed by atoms with Crippen LogP contribution in [-0.4, -0.2) is 23.1 Å². The number of benzene rings is 2. The predicted octanol–water partition coefficient (Wildman–Crippen LogP) is 5.30. The first-order valence-corrected chi connectivity index (χ1v) is 7.59. The van der Waals surface area contributed by atoms with Crippen LogP contribution in [0.4, 0.5) is 23.7 Å². The number of hydrogen-bond acceptors (Lipinski definition) is 2. The molecule has 0 unspecified atom stereocenters. The number of halogens is 5. The minimum absolute atomic E-state index is 0.101. The van der Waals surface area contributed by atoms with E-state index in [1.807, 2.05) is 5.32 Å². The van der Waals surface area contributed by atoms with E-state index in [9.17, 15) is 22.8 Å². The number of carbonyl (C=O) groups excluding carboxylic acids is 2. The molecule has 0 spiro atoms. The molecule has 4 nitrogen and oxygen atoms in total.